The normalized spacial score (nSPS) is 19.9. The Hall–Kier alpha value is -8.00. The number of hydrogen-bond acceptors (Lipinski definition) is 19. The number of likely N-dealkylation sites (tertiary alicyclic amines) is 1. The summed E-state index contributed by atoms with van der Waals surface area (Å²) in [5.74, 6) is 0.449. The summed E-state index contributed by atoms with van der Waals surface area (Å²) in [5, 5.41) is 14.0. The number of carbonyl (C=O) groups excluding carboxylic acids is 3. The molecule has 33 heteroatoms. The van der Waals surface area contributed by atoms with Gasteiger partial charge in [-0.25, -0.2) is 43.5 Å². The second-order valence-electron chi connectivity index (χ2n) is 28.1. The van der Waals surface area contributed by atoms with Gasteiger partial charge in [0.2, 0.25) is 11.8 Å². The van der Waals surface area contributed by atoms with Crippen LogP contribution in [-0.4, -0.2) is 148 Å². The van der Waals surface area contributed by atoms with Crippen LogP contribution in [0.4, 0.5) is 48.6 Å². The number of fused-ring (bicyclic) bond motifs is 6. The Labute approximate surface area is 569 Å². The largest absolute Gasteiger partial charge is 0.477 e. The zero-order chi connectivity index (χ0) is 71.2. The average Bonchev–Trinajstić information content (AvgIpc) is 1.54. The number of rotatable bonds is 18. The lowest BCUT2D eigenvalue weighted by Crippen LogP contribution is -2.45. The van der Waals surface area contributed by atoms with Crippen LogP contribution in [-0.2, 0) is 24.8 Å². The fraction of sp³-hybridized carbons (Fsp3) is 0.554. The molecule has 532 valence electrons. The lowest BCUT2D eigenvalue weighted by atomic mass is 9.93. The molecule has 2 atom stereocenters. The van der Waals surface area contributed by atoms with Gasteiger partial charge in [0.05, 0.1) is 35.2 Å². The maximum atomic E-state index is 13.7. The van der Waals surface area contributed by atoms with E-state index in [0.717, 1.165) is 38.5 Å². The number of amides is 3. The number of ether oxygens (including phenoxy) is 3. The molecule has 2 unspecified atom stereocenters. The summed E-state index contributed by atoms with van der Waals surface area (Å²) in [6.45, 7) is 18.9. The van der Waals surface area contributed by atoms with Crippen molar-refractivity contribution in [2.45, 2.75) is 178 Å². The Bertz CT molecular complexity index is 4190. The molecule has 0 radical (unpaired) electrons. The van der Waals surface area contributed by atoms with Gasteiger partial charge in [0.25, 0.3) is 31.9 Å². The number of hydrogen-bond donors (Lipinski definition) is 4. The quantitative estimate of drug-likeness (QED) is 0.0353. The highest BCUT2D eigenvalue weighted by atomic mass is 35.5. The van der Waals surface area contributed by atoms with Crippen molar-refractivity contribution in [2.75, 3.05) is 54.9 Å². The first-order valence-corrected chi connectivity index (χ1v) is 35.7. The van der Waals surface area contributed by atoms with Gasteiger partial charge in [-0.2, -0.15) is 43.2 Å². The van der Waals surface area contributed by atoms with E-state index in [4.69, 9.17) is 30.8 Å². The van der Waals surface area contributed by atoms with Crippen LogP contribution in [0.2, 0.25) is 5.15 Å². The number of carbonyl (C=O) groups is 3. The summed E-state index contributed by atoms with van der Waals surface area (Å²) < 4.78 is 156. The van der Waals surface area contributed by atoms with Crippen LogP contribution in [0.1, 0.15) is 157 Å². The molecule has 2 aliphatic carbocycles. The predicted molar refractivity (Wildman–Crippen MR) is 351 cm³/mol. The molecule has 11 rings (SSSR count). The van der Waals surface area contributed by atoms with Gasteiger partial charge in [-0.15, -0.1) is 10.2 Å². The maximum absolute atomic E-state index is 13.7. The topological polar surface area (TPSA) is 289 Å². The summed E-state index contributed by atoms with van der Waals surface area (Å²) in [4.78, 5) is 60.8. The van der Waals surface area contributed by atoms with Crippen molar-refractivity contribution < 1.29 is 71.8 Å². The number of anilines is 3. The molecule has 4 N–H and O–H groups in total. The number of aromatic nitrogens is 8. The molecule has 9 heterocycles. The van der Waals surface area contributed by atoms with Gasteiger partial charge in [-0.3, -0.25) is 9.59 Å². The smallest absolute Gasteiger partial charge is 0.410 e. The minimum absolute atomic E-state index is 0.0726. The Morgan fingerprint density at radius 1 is 0.755 bits per heavy atom. The maximum Gasteiger partial charge on any atom is 0.410 e. The van der Waals surface area contributed by atoms with E-state index in [1.165, 1.54) is 52.0 Å². The summed E-state index contributed by atoms with van der Waals surface area (Å²) in [6, 6.07) is 15.3. The van der Waals surface area contributed by atoms with Gasteiger partial charge in [-0.05, 0) is 199 Å². The van der Waals surface area contributed by atoms with Crippen molar-refractivity contribution >= 4 is 67.0 Å². The zero-order valence-corrected chi connectivity index (χ0v) is 58.2. The van der Waals surface area contributed by atoms with Crippen LogP contribution in [0.25, 0.3) is 11.6 Å². The van der Waals surface area contributed by atoms with Gasteiger partial charge in [0, 0.05) is 61.8 Å². The molecule has 24 nitrogen and oxygen atoms in total. The van der Waals surface area contributed by atoms with E-state index in [-0.39, 0.29) is 113 Å². The van der Waals surface area contributed by atoms with E-state index in [0.29, 0.717) is 66.5 Å². The first kappa shape index (κ1) is 72.7. The number of halogens is 7. The van der Waals surface area contributed by atoms with Gasteiger partial charge >= 0.3 is 18.4 Å². The molecule has 3 amide bonds. The molecule has 2 saturated heterocycles. The molecule has 0 spiro atoms. The van der Waals surface area contributed by atoms with Crippen molar-refractivity contribution in [3.8, 4) is 23.4 Å². The summed E-state index contributed by atoms with van der Waals surface area (Å²) in [5.41, 5.74) is -4.11. The molecule has 3 aliphatic heterocycles. The Morgan fingerprint density at radius 2 is 1.36 bits per heavy atom. The monoisotopic (exact) mass is 1430 g/mol. The highest BCUT2D eigenvalue weighted by molar-refractivity contribution is 7.90. The van der Waals surface area contributed by atoms with Crippen molar-refractivity contribution in [3.63, 3.8) is 0 Å². The number of pyridine rings is 4. The third-order valence-corrected chi connectivity index (χ3v) is 21.4. The van der Waals surface area contributed by atoms with Crippen molar-refractivity contribution in [1.82, 2.24) is 53.8 Å². The predicted octanol–water partition coefficient (Wildman–Crippen LogP) is 12.1. The van der Waals surface area contributed by atoms with Crippen molar-refractivity contribution in [1.29, 1.82) is 0 Å². The van der Waals surface area contributed by atoms with Gasteiger partial charge < -0.3 is 34.6 Å². The van der Waals surface area contributed by atoms with Gasteiger partial charge in [0.15, 0.2) is 21.7 Å². The van der Waals surface area contributed by atoms with Gasteiger partial charge in [-0.1, -0.05) is 23.7 Å². The van der Waals surface area contributed by atoms with Crippen LogP contribution >= 0.6 is 11.6 Å². The summed E-state index contributed by atoms with van der Waals surface area (Å²) in [6.07, 6.45) is -0.772. The van der Waals surface area contributed by atoms with Crippen LogP contribution in [0.5, 0.6) is 11.8 Å². The molecule has 4 fully saturated rings. The van der Waals surface area contributed by atoms with Crippen LogP contribution < -0.4 is 34.5 Å². The molecule has 98 heavy (non-hydrogen) atoms. The average molecular weight is 1430 g/mol. The lowest BCUT2D eigenvalue weighted by Gasteiger charge is -2.34. The molecular weight excluding hydrogens is 1350 g/mol. The van der Waals surface area contributed by atoms with E-state index < -0.39 is 66.2 Å². The molecule has 6 aromatic heterocycles. The fourth-order valence-corrected chi connectivity index (χ4v) is 15.2. The lowest BCUT2D eigenvalue weighted by molar-refractivity contribution is -0.190. The van der Waals surface area contributed by atoms with E-state index in [9.17, 15) is 57.6 Å². The van der Waals surface area contributed by atoms with Crippen LogP contribution in [0.15, 0.2) is 83.1 Å². The molecule has 4 bridgehead atoms. The third kappa shape index (κ3) is 16.8. The number of nitrogens with one attached hydrogen (secondary N) is 4. The zero-order valence-electron chi connectivity index (χ0n) is 55.8. The third-order valence-electron chi connectivity index (χ3n) is 18.4. The van der Waals surface area contributed by atoms with E-state index in [2.05, 4.69) is 54.4 Å². The minimum atomic E-state index is -4.44. The molecule has 6 aromatic rings. The second kappa shape index (κ2) is 27.6. The van der Waals surface area contributed by atoms with Gasteiger partial charge in [0.1, 0.15) is 28.2 Å². The first-order chi connectivity index (χ1) is 45.8. The number of alkyl halides is 6. The van der Waals surface area contributed by atoms with Crippen LogP contribution in [0, 0.1) is 36.5 Å². The van der Waals surface area contributed by atoms with Crippen LogP contribution in [0.3, 0.4) is 0 Å². The van der Waals surface area contributed by atoms with Crippen molar-refractivity contribution in [2.24, 2.45) is 22.7 Å². The minimum Gasteiger partial charge on any atom is -0.477 e. The summed E-state index contributed by atoms with van der Waals surface area (Å²) in [7, 11) is -8.77. The number of sulfonamides is 2. The highest BCUT2D eigenvalue weighted by Crippen LogP contribution is 2.61. The van der Waals surface area contributed by atoms with Crippen molar-refractivity contribution in [3.05, 3.63) is 100 Å². The highest BCUT2D eigenvalue weighted by Gasteiger charge is 2.63. The molecule has 2 saturated carbocycles. The second-order valence-corrected chi connectivity index (χ2v) is 31.7. The Morgan fingerprint density at radius 3 is 1.95 bits per heavy atom. The standard InChI is InChI=1S/C35H45ClF3N7O6S.C30H36F3N7O4S/c1-22-9-11-25(40-17-7-8-23-20-33(5,6)45(21-23)31(48)52-32(2,3)4)41-30(22)53(49,50)44-29(47)24-10-12-26(42-28(24)36)46-18-13-27(43-46)51-19-16-34(14-15-34)35(37,38)39;1-19-6-8-22-34-14-4-5-20-17-28(2,3)39(18-20)25-21(26(41)38-45(42,43)27(19)35-22)7-9-23(36-25)40-15-10-24(37-40)44-16-13-29(11-12-29)30(31,32)33/h9-13,18,23H,7-8,14-17,19-21H2,1-6H3,(H,40,41)(H,44,47);6-10,15,20H,4-5,11-14,16-18H2,1-3H3,(H,34,35)(H,38,41). The SMILES string of the molecule is Cc1ccc(NCCCC2CN(C(=O)OC(C)(C)C)C(C)(C)C2)nc1S(=O)(=O)NC(=O)c1ccc(-n2ccc(OCCC3(C(F)(F)F)CC3)n2)nc1Cl.Cc1ccc2nc1S(=O)(=O)NC(=O)c1ccc(-n3ccc(OCCC4(C(F)(F)F)CC4)n3)nc1N1CC(CCCN2)CC1(C)C. The molecular formula is C65H81ClF6N14O10S2. The first-order valence-electron chi connectivity index (χ1n) is 32.3. The Balaban J connectivity index is 0.000000215. The molecule has 5 aliphatic rings. The van der Waals surface area contributed by atoms with E-state index in [1.54, 1.807) is 49.2 Å². The number of nitrogens with zero attached hydrogens (tertiary/aromatic N) is 10. The van der Waals surface area contributed by atoms with E-state index >= 15 is 0 Å². The Kier molecular flexibility index (Phi) is 20.5. The fourth-order valence-electron chi connectivity index (χ4n) is 12.6. The van der Waals surface area contributed by atoms with E-state index in [1.807, 2.05) is 44.2 Å². The number of aryl methyl sites for hydroxylation is 2. The summed E-state index contributed by atoms with van der Waals surface area (Å²) >= 11 is 6.28. The molecule has 0 aromatic carbocycles.